The summed E-state index contributed by atoms with van der Waals surface area (Å²) in [5.41, 5.74) is 6.24. The van der Waals surface area contributed by atoms with Crippen LogP contribution in [0.2, 0.25) is 0 Å². The molecule has 0 saturated heterocycles. The minimum absolute atomic E-state index is 0.0312. The average molecular weight is 442 g/mol. The lowest BCUT2D eigenvalue weighted by molar-refractivity contribution is -0.144. The van der Waals surface area contributed by atoms with E-state index >= 15 is 0 Å². The molecule has 1 rings (SSSR count). The molecule has 0 saturated carbocycles. The standard InChI is InChI=1S/C18H26N4O7S/c1-9(23)15(18(28)29)22-14(25)7-20-17(27)13(21-16(26)12(19)8-30)6-10-2-4-11(24)5-3-10/h2-5,9,12-13,15,23-24,30H,6-8,19H2,1H3,(H,20,27)(H,21,26)(H,22,25)(H,28,29). The van der Waals surface area contributed by atoms with Gasteiger partial charge in [0.25, 0.3) is 0 Å². The van der Waals surface area contributed by atoms with E-state index < -0.39 is 54.5 Å². The van der Waals surface area contributed by atoms with Gasteiger partial charge in [-0.3, -0.25) is 14.4 Å². The highest BCUT2D eigenvalue weighted by molar-refractivity contribution is 7.80. The molecule has 8 N–H and O–H groups in total. The van der Waals surface area contributed by atoms with E-state index in [1.54, 1.807) is 12.1 Å². The molecule has 0 aliphatic rings. The molecule has 11 nitrogen and oxygen atoms in total. The van der Waals surface area contributed by atoms with Crippen molar-refractivity contribution >= 4 is 36.3 Å². The smallest absolute Gasteiger partial charge is 0.328 e. The third-order valence-corrected chi connectivity index (χ3v) is 4.42. The number of aliphatic hydroxyl groups is 1. The summed E-state index contributed by atoms with van der Waals surface area (Å²) >= 11 is 3.94. The lowest BCUT2D eigenvalue weighted by Crippen LogP contribution is -2.55. The number of nitrogens with one attached hydrogen (secondary N) is 3. The van der Waals surface area contributed by atoms with Gasteiger partial charge < -0.3 is 37.0 Å². The summed E-state index contributed by atoms with van der Waals surface area (Å²) in [6, 6.07) is 2.39. The predicted octanol–water partition coefficient (Wildman–Crippen LogP) is -2.26. The molecule has 4 unspecified atom stereocenters. The Hall–Kier alpha value is -2.83. The summed E-state index contributed by atoms with van der Waals surface area (Å²) in [6.07, 6.45) is -1.30. The first-order chi connectivity index (χ1) is 14.0. The van der Waals surface area contributed by atoms with Gasteiger partial charge in [-0.2, -0.15) is 12.6 Å². The Labute approximate surface area is 178 Å². The van der Waals surface area contributed by atoms with Crippen LogP contribution in [0.4, 0.5) is 0 Å². The van der Waals surface area contributed by atoms with E-state index in [9.17, 15) is 29.4 Å². The van der Waals surface area contributed by atoms with Crippen molar-refractivity contribution in [2.75, 3.05) is 12.3 Å². The van der Waals surface area contributed by atoms with Crippen molar-refractivity contribution in [1.29, 1.82) is 0 Å². The molecule has 0 heterocycles. The van der Waals surface area contributed by atoms with Crippen LogP contribution in [0.3, 0.4) is 0 Å². The van der Waals surface area contributed by atoms with Gasteiger partial charge in [-0.05, 0) is 24.6 Å². The Morgan fingerprint density at radius 2 is 1.70 bits per heavy atom. The van der Waals surface area contributed by atoms with Crippen LogP contribution in [0.1, 0.15) is 12.5 Å². The van der Waals surface area contributed by atoms with Gasteiger partial charge in [0.2, 0.25) is 17.7 Å². The number of hydrogen-bond acceptors (Lipinski definition) is 8. The largest absolute Gasteiger partial charge is 0.508 e. The van der Waals surface area contributed by atoms with Gasteiger partial charge in [0.05, 0.1) is 18.7 Å². The van der Waals surface area contributed by atoms with Crippen LogP contribution in [0, 0.1) is 0 Å². The van der Waals surface area contributed by atoms with Crippen molar-refractivity contribution in [3.63, 3.8) is 0 Å². The number of phenols is 1. The minimum Gasteiger partial charge on any atom is -0.508 e. The van der Waals surface area contributed by atoms with Crippen LogP contribution in [0.5, 0.6) is 5.75 Å². The fourth-order valence-corrected chi connectivity index (χ4v) is 2.51. The molecule has 0 fully saturated rings. The number of amides is 3. The minimum atomic E-state index is -1.53. The monoisotopic (exact) mass is 442 g/mol. The number of nitrogens with two attached hydrogens (primary N) is 1. The van der Waals surface area contributed by atoms with Crippen molar-refractivity contribution in [3.05, 3.63) is 29.8 Å². The number of aromatic hydroxyl groups is 1. The number of benzene rings is 1. The number of carbonyl (C=O) groups excluding carboxylic acids is 3. The molecular formula is C18H26N4O7S. The van der Waals surface area contributed by atoms with Crippen molar-refractivity contribution < 1.29 is 34.5 Å². The third-order valence-electron chi connectivity index (χ3n) is 4.03. The SMILES string of the molecule is CC(O)C(NC(=O)CNC(=O)C(Cc1ccc(O)cc1)NC(=O)C(N)CS)C(=O)O. The molecule has 12 heteroatoms. The molecule has 0 aliphatic heterocycles. The number of thiol groups is 1. The predicted molar refractivity (Wildman–Crippen MR) is 110 cm³/mol. The molecule has 1 aromatic carbocycles. The van der Waals surface area contributed by atoms with Gasteiger partial charge in [0, 0.05) is 12.2 Å². The van der Waals surface area contributed by atoms with Gasteiger partial charge in [-0.25, -0.2) is 4.79 Å². The van der Waals surface area contributed by atoms with Gasteiger partial charge >= 0.3 is 5.97 Å². The summed E-state index contributed by atoms with van der Waals surface area (Å²) in [4.78, 5) is 47.6. The molecule has 4 atom stereocenters. The molecule has 30 heavy (non-hydrogen) atoms. The average Bonchev–Trinajstić information content (AvgIpc) is 2.69. The Morgan fingerprint density at radius 1 is 1.10 bits per heavy atom. The number of phenolic OH excluding ortho intramolecular Hbond substituents is 1. The maximum Gasteiger partial charge on any atom is 0.328 e. The summed E-state index contributed by atoms with van der Waals surface area (Å²) in [6.45, 7) is 0.626. The van der Waals surface area contributed by atoms with Gasteiger partial charge in [0.1, 0.15) is 11.8 Å². The number of rotatable bonds is 11. The van der Waals surface area contributed by atoms with E-state index in [1.165, 1.54) is 19.1 Å². The number of carboxylic acids is 1. The first-order valence-corrected chi connectivity index (χ1v) is 9.61. The molecule has 0 radical (unpaired) electrons. The number of hydrogen-bond donors (Lipinski definition) is 8. The van der Waals surface area contributed by atoms with E-state index in [-0.39, 0.29) is 17.9 Å². The summed E-state index contributed by atoms with van der Waals surface area (Å²) in [5.74, 6) is -3.50. The van der Waals surface area contributed by atoms with Crippen LogP contribution in [-0.4, -0.2) is 75.5 Å². The van der Waals surface area contributed by atoms with E-state index in [1.807, 2.05) is 0 Å². The molecule has 166 valence electrons. The van der Waals surface area contributed by atoms with Crippen LogP contribution in [0.25, 0.3) is 0 Å². The molecule has 0 bridgehead atoms. The number of carboxylic acid groups (broad SMARTS) is 1. The fourth-order valence-electron chi connectivity index (χ4n) is 2.34. The van der Waals surface area contributed by atoms with Crippen LogP contribution >= 0.6 is 12.6 Å². The molecule has 3 amide bonds. The molecular weight excluding hydrogens is 416 g/mol. The summed E-state index contributed by atoms with van der Waals surface area (Å²) < 4.78 is 0. The van der Waals surface area contributed by atoms with Gasteiger partial charge in [-0.1, -0.05) is 12.1 Å². The van der Waals surface area contributed by atoms with E-state index in [2.05, 4.69) is 28.6 Å². The molecule has 0 aromatic heterocycles. The zero-order valence-electron chi connectivity index (χ0n) is 16.2. The van der Waals surface area contributed by atoms with Crippen molar-refractivity contribution in [2.45, 2.75) is 37.6 Å². The molecule has 0 aliphatic carbocycles. The van der Waals surface area contributed by atoms with Crippen LogP contribution < -0.4 is 21.7 Å². The van der Waals surface area contributed by atoms with Gasteiger partial charge in [0.15, 0.2) is 6.04 Å². The van der Waals surface area contributed by atoms with Crippen molar-refractivity contribution in [3.8, 4) is 5.75 Å². The Bertz CT molecular complexity index is 757. The lowest BCUT2D eigenvalue weighted by Gasteiger charge is -2.21. The van der Waals surface area contributed by atoms with Crippen molar-refractivity contribution in [1.82, 2.24) is 16.0 Å². The lowest BCUT2D eigenvalue weighted by atomic mass is 10.0. The Balaban J connectivity index is 2.80. The van der Waals surface area contributed by atoms with Crippen molar-refractivity contribution in [2.24, 2.45) is 5.73 Å². The first-order valence-electron chi connectivity index (χ1n) is 8.97. The topological polar surface area (TPSA) is 191 Å². The van der Waals surface area contributed by atoms with Crippen LogP contribution in [0.15, 0.2) is 24.3 Å². The molecule has 0 spiro atoms. The third kappa shape index (κ3) is 8.27. The first kappa shape index (κ1) is 25.2. The second kappa shape index (κ2) is 12.0. The highest BCUT2D eigenvalue weighted by atomic mass is 32.1. The maximum atomic E-state index is 12.5. The number of aliphatic hydroxyl groups excluding tert-OH is 1. The summed E-state index contributed by atoms with van der Waals surface area (Å²) in [7, 11) is 0. The van der Waals surface area contributed by atoms with Gasteiger partial charge in [-0.15, -0.1) is 0 Å². The molecule has 1 aromatic rings. The summed E-state index contributed by atoms with van der Waals surface area (Å²) in [5, 5.41) is 34.6. The number of aliphatic carboxylic acids is 1. The quantitative estimate of drug-likeness (QED) is 0.176. The second-order valence-corrected chi connectivity index (χ2v) is 6.93. The van der Waals surface area contributed by atoms with E-state index in [0.29, 0.717) is 5.56 Å². The van der Waals surface area contributed by atoms with E-state index in [4.69, 9.17) is 10.8 Å². The van der Waals surface area contributed by atoms with Crippen LogP contribution in [-0.2, 0) is 25.6 Å². The normalized spacial score (nSPS) is 14.7. The fraction of sp³-hybridized carbons (Fsp3) is 0.444. The highest BCUT2D eigenvalue weighted by Gasteiger charge is 2.27. The Kier molecular flexibility index (Phi) is 10.1. The zero-order valence-corrected chi connectivity index (χ0v) is 17.1. The number of carbonyl (C=O) groups is 4. The second-order valence-electron chi connectivity index (χ2n) is 6.56. The Morgan fingerprint density at radius 3 is 2.20 bits per heavy atom. The zero-order chi connectivity index (χ0) is 22.8. The van der Waals surface area contributed by atoms with E-state index in [0.717, 1.165) is 0 Å². The maximum absolute atomic E-state index is 12.5. The highest BCUT2D eigenvalue weighted by Crippen LogP contribution is 2.11.